The lowest BCUT2D eigenvalue weighted by Crippen LogP contribution is -2.53. The Hall–Kier alpha value is -3.07. The van der Waals surface area contributed by atoms with Crippen molar-refractivity contribution in [2.24, 2.45) is 0 Å². The molecular formula is C31H35Cl2N3O4S. The molecule has 1 aliphatic carbocycles. The molecule has 7 nitrogen and oxygen atoms in total. The van der Waals surface area contributed by atoms with Crippen molar-refractivity contribution in [3.8, 4) is 0 Å². The average Bonchev–Trinajstić information content (AvgIpc) is 3.46. The summed E-state index contributed by atoms with van der Waals surface area (Å²) in [5.74, 6) is -0.762. The Balaban J connectivity index is 1.73. The van der Waals surface area contributed by atoms with Gasteiger partial charge in [-0.15, -0.1) is 0 Å². The summed E-state index contributed by atoms with van der Waals surface area (Å²) in [5, 5.41) is 3.97. The van der Waals surface area contributed by atoms with Crippen LogP contribution in [0.2, 0.25) is 10.0 Å². The molecule has 0 radical (unpaired) electrons. The molecule has 0 bridgehead atoms. The van der Waals surface area contributed by atoms with Gasteiger partial charge in [0.1, 0.15) is 12.6 Å². The number of nitrogens with one attached hydrogen (secondary N) is 1. The van der Waals surface area contributed by atoms with E-state index in [0.29, 0.717) is 33.3 Å². The van der Waals surface area contributed by atoms with Crippen molar-refractivity contribution in [3.05, 3.63) is 94.0 Å². The average molecular weight is 617 g/mol. The molecule has 3 aromatic carbocycles. The summed E-state index contributed by atoms with van der Waals surface area (Å²) < 4.78 is 29.1. The molecule has 1 atom stereocenters. The van der Waals surface area contributed by atoms with Gasteiger partial charge in [-0.05, 0) is 73.7 Å². The van der Waals surface area contributed by atoms with Gasteiger partial charge in [0.25, 0.3) is 10.0 Å². The molecule has 1 saturated carbocycles. The number of amides is 2. The Bertz CT molecular complexity index is 1470. The van der Waals surface area contributed by atoms with Crippen LogP contribution in [0, 0.1) is 6.92 Å². The summed E-state index contributed by atoms with van der Waals surface area (Å²) in [6.45, 7) is 3.18. The third kappa shape index (κ3) is 7.42. The molecule has 0 spiro atoms. The second-order valence-corrected chi connectivity index (χ2v) is 13.0. The molecule has 1 N–H and O–H groups in total. The van der Waals surface area contributed by atoms with Crippen molar-refractivity contribution >= 4 is 50.7 Å². The molecule has 1 fully saturated rings. The first-order valence-corrected chi connectivity index (χ1v) is 16.0. The SMILES string of the molecule is CCC(C(=O)NC1CCCC1)N(Cc1ccccc1Cl)C(=O)CN(c1ccccc1C)S(=O)(=O)c1ccc(Cl)cc1. The fourth-order valence-corrected chi connectivity index (χ4v) is 6.99. The minimum atomic E-state index is -4.17. The number of benzene rings is 3. The molecule has 4 rings (SSSR count). The third-order valence-corrected chi connectivity index (χ3v) is 9.85. The van der Waals surface area contributed by atoms with Gasteiger partial charge in [-0.1, -0.05) is 79.4 Å². The predicted molar refractivity (Wildman–Crippen MR) is 164 cm³/mol. The molecule has 0 saturated heterocycles. The van der Waals surface area contributed by atoms with E-state index >= 15 is 0 Å². The second kappa shape index (κ2) is 13.7. The largest absolute Gasteiger partial charge is 0.352 e. The van der Waals surface area contributed by atoms with Crippen LogP contribution in [0.4, 0.5) is 5.69 Å². The van der Waals surface area contributed by atoms with Crippen LogP contribution >= 0.6 is 23.2 Å². The standard InChI is InChI=1S/C31H35Cl2N3O4S/c1-3-28(31(38)34-25-12-6-7-13-25)35(20-23-11-5-8-14-27(23)33)30(37)21-36(29-15-9-4-10-22(29)2)41(39,40)26-18-16-24(32)17-19-26/h4-5,8-11,14-19,25,28H,3,6-7,12-13,20-21H2,1-2H3,(H,34,38). The van der Waals surface area contributed by atoms with Crippen molar-refractivity contribution in [3.63, 3.8) is 0 Å². The maximum Gasteiger partial charge on any atom is 0.264 e. The van der Waals surface area contributed by atoms with E-state index in [9.17, 15) is 18.0 Å². The molecule has 10 heteroatoms. The van der Waals surface area contributed by atoms with E-state index in [-0.39, 0.29) is 23.4 Å². The smallest absolute Gasteiger partial charge is 0.264 e. The molecule has 3 aromatic rings. The number of halogens is 2. The summed E-state index contributed by atoms with van der Waals surface area (Å²) >= 11 is 12.5. The van der Waals surface area contributed by atoms with Crippen LogP contribution < -0.4 is 9.62 Å². The summed E-state index contributed by atoms with van der Waals surface area (Å²) in [5.41, 5.74) is 1.72. The fraction of sp³-hybridized carbons (Fsp3) is 0.355. The van der Waals surface area contributed by atoms with Gasteiger partial charge in [0, 0.05) is 22.6 Å². The van der Waals surface area contributed by atoms with Crippen LogP contribution in [0.1, 0.15) is 50.2 Å². The Labute approximate surface area is 252 Å². The van der Waals surface area contributed by atoms with E-state index in [0.717, 1.165) is 30.0 Å². The number of nitrogens with zero attached hydrogens (tertiary/aromatic N) is 2. The van der Waals surface area contributed by atoms with Crippen LogP contribution in [-0.2, 0) is 26.2 Å². The van der Waals surface area contributed by atoms with E-state index in [2.05, 4.69) is 5.32 Å². The summed E-state index contributed by atoms with van der Waals surface area (Å²) in [7, 11) is -4.17. The minimum absolute atomic E-state index is 0.00150. The summed E-state index contributed by atoms with van der Waals surface area (Å²) in [6, 6.07) is 19.2. The van der Waals surface area contributed by atoms with Crippen LogP contribution in [0.5, 0.6) is 0 Å². The molecule has 1 unspecified atom stereocenters. The van der Waals surface area contributed by atoms with Gasteiger partial charge in [0.05, 0.1) is 10.6 Å². The zero-order valence-corrected chi connectivity index (χ0v) is 25.6. The van der Waals surface area contributed by atoms with Gasteiger partial charge >= 0.3 is 0 Å². The first kappa shape index (κ1) is 30.9. The predicted octanol–water partition coefficient (Wildman–Crippen LogP) is 6.36. The molecule has 1 aliphatic rings. The maximum absolute atomic E-state index is 14.2. The molecule has 218 valence electrons. The zero-order chi connectivity index (χ0) is 29.6. The topological polar surface area (TPSA) is 86.8 Å². The first-order chi connectivity index (χ1) is 19.6. The molecule has 41 heavy (non-hydrogen) atoms. The van der Waals surface area contributed by atoms with E-state index in [1.54, 1.807) is 49.4 Å². The van der Waals surface area contributed by atoms with Gasteiger partial charge in [-0.3, -0.25) is 13.9 Å². The van der Waals surface area contributed by atoms with Gasteiger partial charge in [0.2, 0.25) is 11.8 Å². The lowest BCUT2D eigenvalue weighted by molar-refractivity contribution is -0.140. The number of sulfonamides is 1. The molecule has 0 aromatic heterocycles. The third-order valence-electron chi connectivity index (χ3n) is 7.45. The highest BCUT2D eigenvalue weighted by atomic mass is 35.5. The number of carbonyl (C=O) groups excluding carboxylic acids is 2. The number of rotatable bonds is 11. The number of aryl methyl sites for hydroxylation is 1. The second-order valence-electron chi connectivity index (χ2n) is 10.3. The highest BCUT2D eigenvalue weighted by Crippen LogP contribution is 2.29. The lowest BCUT2D eigenvalue weighted by Gasteiger charge is -2.34. The quantitative estimate of drug-likeness (QED) is 0.272. The molecular weight excluding hydrogens is 581 g/mol. The van der Waals surface area contributed by atoms with Crippen molar-refractivity contribution in [2.45, 2.75) is 69.5 Å². The van der Waals surface area contributed by atoms with Crippen LogP contribution in [-0.4, -0.2) is 43.8 Å². The van der Waals surface area contributed by atoms with Gasteiger partial charge < -0.3 is 10.2 Å². The van der Waals surface area contributed by atoms with E-state index in [1.165, 1.54) is 29.2 Å². The Kier molecular flexibility index (Phi) is 10.3. The zero-order valence-electron chi connectivity index (χ0n) is 23.2. The molecule has 0 heterocycles. The summed E-state index contributed by atoms with van der Waals surface area (Å²) in [4.78, 5) is 29.2. The van der Waals surface area contributed by atoms with Crippen LogP contribution in [0.25, 0.3) is 0 Å². The van der Waals surface area contributed by atoms with E-state index < -0.39 is 28.5 Å². The fourth-order valence-electron chi connectivity index (χ4n) is 5.19. The van der Waals surface area contributed by atoms with E-state index in [4.69, 9.17) is 23.2 Å². The van der Waals surface area contributed by atoms with Gasteiger partial charge in [0.15, 0.2) is 0 Å². The Morgan fingerprint density at radius 1 is 0.951 bits per heavy atom. The normalized spacial score (nSPS) is 14.4. The monoisotopic (exact) mass is 615 g/mol. The highest BCUT2D eigenvalue weighted by molar-refractivity contribution is 7.92. The highest BCUT2D eigenvalue weighted by Gasteiger charge is 2.35. The van der Waals surface area contributed by atoms with Gasteiger partial charge in [-0.25, -0.2) is 8.42 Å². The van der Waals surface area contributed by atoms with Gasteiger partial charge in [-0.2, -0.15) is 0 Å². The Morgan fingerprint density at radius 3 is 2.22 bits per heavy atom. The first-order valence-electron chi connectivity index (χ1n) is 13.8. The maximum atomic E-state index is 14.2. The Morgan fingerprint density at radius 2 is 1.59 bits per heavy atom. The number of carbonyl (C=O) groups is 2. The number of hydrogen-bond donors (Lipinski definition) is 1. The lowest BCUT2D eigenvalue weighted by atomic mass is 10.1. The number of hydrogen-bond acceptors (Lipinski definition) is 4. The molecule has 0 aliphatic heterocycles. The van der Waals surface area contributed by atoms with Crippen molar-refractivity contribution < 1.29 is 18.0 Å². The summed E-state index contributed by atoms with van der Waals surface area (Å²) in [6.07, 6.45) is 4.26. The van der Waals surface area contributed by atoms with Crippen molar-refractivity contribution in [2.75, 3.05) is 10.8 Å². The van der Waals surface area contributed by atoms with E-state index in [1.807, 2.05) is 13.0 Å². The van der Waals surface area contributed by atoms with Crippen LogP contribution in [0.3, 0.4) is 0 Å². The minimum Gasteiger partial charge on any atom is -0.352 e. The van der Waals surface area contributed by atoms with Crippen molar-refractivity contribution in [1.82, 2.24) is 10.2 Å². The molecule has 2 amide bonds. The number of anilines is 1. The number of para-hydroxylation sites is 1. The van der Waals surface area contributed by atoms with Crippen LogP contribution in [0.15, 0.2) is 77.7 Å². The van der Waals surface area contributed by atoms with Crippen molar-refractivity contribution in [1.29, 1.82) is 0 Å².